The van der Waals surface area contributed by atoms with Crippen molar-refractivity contribution in [3.8, 4) is 0 Å². The average molecular weight is 291 g/mol. The van der Waals surface area contributed by atoms with Crippen LogP contribution in [0.15, 0.2) is 34.7 Å². The summed E-state index contributed by atoms with van der Waals surface area (Å²) in [7, 11) is 0. The van der Waals surface area contributed by atoms with Crippen molar-refractivity contribution >= 4 is 11.6 Å². The molecule has 1 aromatic heterocycles. The molecule has 2 aromatic rings. The number of rotatable bonds is 4. The van der Waals surface area contributed by atoms with Gasteiger partial charge in [0.25, 0.3) is 0 Å². The van der Waals surface area contributed by atoms with E-state index in [9.17, 15) is 0 Å². The van der Waals surface area contributed by atoms with Gasteiger partial charge in [-0.25, -0.2) is 0 Å². The molecule has 0 amide bonds. The van der Waals surface area contributed by atoms with Gasteiger partial charge >= 0.3 is 0 Å². The second-order valence-corrected chi connectivity index (χ2v) is 5.72. The second kappa shape index (κ2) is 6.40. The van der Waals surface area contributed by atoms with Crippen molar-refractivity contribution in [2.75, 3.05) is 0 Å². The highest BCUT2D eigenvalue weighted by molar-refractivity contribution is 6.16. The molecular formula is C16H19ClN2O. The molecule has 0 radical (unpaired) electrons. The number of aromatic nitrogens is 2. The van der Waals surface area contributed by atoms with Crippen LogP contribution in [0.3, 0.4) is 0 Å². The van der Waals surface area contributed by atoms with E-state index in [2.05, 4.69) is 34.5 Å². The molecule has 20 heavy (non-hydrogen) atoms. The molecule has 0 saturated heterocycles. The molecule has 0 spiro atoms. The van der Waals surface area contributed by atoms with Gasteiger partial charge in [-0.05, 0) is 24.3 Å². The van der Waals surface area contributed by atoms with Crippen LogP contribution in [0.1, 0.15) is 55.4 Å². The third-order valence-electron chi connectivity index (χ3n) is 4.14. The van der Waals surface area contributed by atoms with Gasteiger partial charge in [0.15, 0.2) is 0 Å². The van der Waals surface area contributed by atoms with Crippen molar-refractivity contribution in [3.63, 3.8) is 0 Å². The Hall–Kier alpha value is -1.35. The zero-order chi connectivity index (χ0) is 13.8. The number of alkyl halides is 1. The fraction of sp³-hybridized carbons (Fsp3) is 0.500. The van der Waals surface area contributed by atoms with Crippen LogP contribution in [-0.2, 0) is 5.88 Å². The maximum absolute atomic E-state index is 5.78. The minimum Gasteiger partial charge on any atom is -0.423 e. The van der Waals surface area contributed by atoms with Crippen LogP contribution in [0.25, 0.3) is 0 Å². The van der Waals surface area contributed by atoms with Gasteiger partial charge in [0.1, 0.15) is 5.88 Å². The standard InChI is InChI=1S/C16H19ClN2O/c17-11-14-18-19-16(20-14)15(12-7-3-1-4-8-12)13-9-5-2-6-10-13/h1,3-4,7-8,13,15H,2,5-6,9-11H2. The van der Waals surface area contributed by atoms with Crippen molar-refractivity contribution in [2.45, 2.75) is 43.9 Å². The van der Waals surface area contributed by atoms with Crippen molar-refractivity contribution in [1.29, 1.82) is 0 Å². The lowest BCUT2D eigenvalue weighted by Gasteiger charge is -2.28. The van der Waals surface area contributed by atoms with Gasteiger partial charge in [-0.1, -0.05) is 49.6 Å². The van der Waals surface area contributed by atoms with Gasteiger partial charge in [0.05, 0.1) is 5.92 Å². The highest BCUT2D eigenvalue weighted by Gasteiger charge is 2.30. The average Bonchev–Trinajstić information content (AvgIpc) is 2.98. The monoisotopic (exact) mass is 290 g/mol. The first kappa shape index (κ1) is 13.6. The fourth-order valence-electron chi connectivity index (χ4n) is 3.19. The molecule has 0 aliphatic heterocycles. The molecule has 1 aliphatic carbocycles. The van der Waals surface area contributed by atoms with E-state index in [1.165, 1.54) is 37.7 Å². The summed E-state index contributed by atoms with van der Waals surface area (Å²) >= 11 is 5.78. The maximum atomic E-state index is 5.78. The highest BCUT2D eigenvalue weighted by atomic mass is 35.5. The predicted molar refractivity (Wildman–Crippen MR) is 78.7 cm³/mol. The van der Waals surface area contributed by atoms with Gasteiger partial charge < -0.3 is 4.42 Å². The van der Waals surface area contributed by atoms with Gasteiger partial charge in [-0.3, -0.25) is 0 Å². The Morgan fingerprint density at radius 2 is 1.85 bits per heavy atom. The summed E-state index contributed by atoms with van der Waals surface area (Å²) in [5, 5.41) is 8.27. The molecule has 1 aromatic carbocycles. The maximum Gasteiger partial charge on any atom is 0.231 e. The predicted octanol–water partition coefficient (Wildman–Crippen LogP) is 4.52. The van der Waals surface area contributed by atoms with E-state index in [-0.39, 0.29) is 11.8 Å². The van der Waals surface area contributed by atoms with Crippen molar-refractivity contribution in [3.05, 3.63) is 47.7 Å². The molecule has 4 heteroatoms. The smallest absolute Gasteiger partial charge is 0.231 e. The lowest BCUT2D eigenvalue weighted by molar-refractivity contribution is 0.293. The van der Waals surface area contributed by atoms with E-state index in [0.717, 1.165) is 5.89 Å². The normalized spacial score (nSPS) is 18.1. The Labute approximate surface area is 124 Å². The Bertz CT molecular complexity index is 534. The molecule has 1 aliphatic rings. The number of benzene rings is 1. The Morgan fingerprint density at radius 1 is 1.10 bits per heavy atom. The molecule has 3 nitrogen and oxygen atoms in total. The molecule has 1 fully saturated rings. The van der Waals surface area contributed by atoms with Crippen LogP contribution < -0.4 is 0 Å². The molecule has 0 bridgehead atoms. The summed E-state index contributed by atoms with van der Waals surface area (Å²) in [5.74, 6) is 2.31. The van der Waals surface area contributed by atoms with Gasteiger partial charge in [-0.15, -0.1) is 21.8 Å². The number of hydrogen-bond donors (Lipinski definition) is 0. The largest absolute Gasteiger partial charge is 0.423 e. The van der Waals surface area contributed by atoms with Crippen LogP contribution in [0.5, 0.6) is 0 Å². The third kappa shape index (κ3) is 2.88. The molecule has 0 N–H and O–H groups in total. The van der Waals surface area contributed by atoms with Gasteiger partial charge in [-0.2, -0.15) is 0 Å². The fourth-order valence-corrected chi connectivity index (χ4v) is 3.30. The molecule has 1 saturated carbocycles. The number of nitrogens with zero attached hydrogens (tertiary/aromatic N) is 2. The first-order chi connectivity index (χ1) is 9.88. The Morgan fingerprint density at radius 3 is 2.50 bits per heavy atom. The van der Waals surface area contributed by atoms with Crippen molar-refractivity contribution in [2.24, 2.45) is 5.92 Å². The first-order valence-electron chi connectivity index (χ1n) is 7.31. The van der Waals surface area contributed by atoms with Crippen LogP contribution in [0.2, 0.25) is 0 Å². The quantitative estimate of drug-likeness (QED) is 0.777. The molecule has 106 valence electrons. The van der Waals surface area contributed by atoms with E-state index in [4.69, 9.17) is 16.0 Å². The van der Waals surface area contributed by atoms with E-state index in [0.29, 0.717) is 11.8 Å². The van der Waals surface area contributed by atoms with Crippen molar-refractivity contribution in [1.82, 2.24) is 10.2 Å². The van der Waals surface area contributed by atoms with Crippen LogP contribution in [0.4, 0.5) is 0 Å². The van der Waals surface area contributed by atoms with E-state index in [1.54, 1.807) is 0 Å². The number of hydrogen-bond acceptors (Lipinski definition) is 3. The highest BCUT2D eigenvalue weighted by Crippen LogP contribution is 2.39. The zero-order valence-electron chi connectivity index (χ0n) is 11.5. The Kier molecular flexibility index (Phi) is 4.36. The number of halogens is 1. The topological polar surface area (TPSA) is 38.9 Å². The first-order valence-corrected chi connectivity index (χ1v) is 7.85. The third-order valence-corrected chi connectivity index (χ3v) is 4.37. The van der Waals surface area contributed by atoms with Crippen LogP contribution in [-0.4, -0.2) is 10.2 Å². The molecule has 1 unspecified atom stereocenters. The molecule has 3 rings (SSSR count). The van der Waals surface area contributed by atoms with Gasteiger partial charge in [0, 0.05) is 0 Å². The molecule has 1 atom stereocenters. The SMILES string of the molecule is ClCc1nnc(C(c2ccccc2)C2CCCCC2)o1. The van der Waals surface area contributed by atoms with Crippen LogP contribution >= 0.6 is 11.6 Å². The lowest BCUT2D eigenvalue weighted by atomic mass is 9.77. The molecular weight excluding hydrogens is 272 g/mol. The summed E-state index contributed by atoms with van der Waals surface area (Å²) in [6.45, 7) is 0. The van der Waals surface area contributed by atoms with E-state index < -0.39 is 0 Å². The second-order valence-electron chi connectivity index (χ2n) is 5.45. The van der Waals surface area contributed by atoms with Crippen molar-refractivity contribution < 1.29 is 4.42 Å². The lowest BCUT2D eigenvalue weighted by Crippen LogP contribution is -2.18. The summed E-state index contributed by atoms with van der Waals surface area (Å²) in [4.78, 5) is 0. The minimum atomic E-state index is 0.209. The van der Waals surface area contributed by atoms with Crippen LogP contribution in [0, 0.1) is 5.92 Å². The summed E-state index contributed by atoms with van der Waals surface area (Å²) in [5.41, 5.74) is 1.27. The summed E-state index contributed by atoms with van der Waals surface area (Å²) < 4.78 is 5.75. The Balaban J connectivity index is 1.94. The van der Waals surface area contributed by atoms with E-state index >= 15 is 0 Å². The minimum absolute atomic E-state index is 0.209. The molecule has 1 heterocycles. The summed E-state index contributed by atoms with van der Waals surface area (Å²) in [6, 6.07) is 10.5. The van der Waals surface area contributed by atoms with Gasteiger partial charge in [0.2, 0.25) is 11.8 Å². The summed E-state index contributed by atoms with van der Waals surface area (Å²) in [6.07, 6.45) is 6.40. The van der Waals surface area contributed by atoms with E-state index in [1.807, 2.05) is 6.07 Å². The zero-order valence-corrected chi connectivity index (χ0v) is 12.2.